The number of carbonyl (C=O) groups excluding carboxylic acids is 1. The van der Waals surface area contributed by atoms with Crippen molar-refractivity contribution in [1.82, 2.24) is 9.97 Å². The Bertz CT molecular complexity index is 642. The molecular weight excluding hydrogens is 266 g/mol. The predicted molar refractivity (Wildman–Crippen MR) is 82.1 cm³/mol. The highest BCUT2D eigenvalue weighted by molar-refractivity contribution is 5.93. The maximum absolute atomic E-state index is 11.8. The fourth-order valence-electron chi connectivity index (χ4n) is 2.64. The van der Waals surface area contributed by atoms with Crippen molar-refractivity contribution in [1.29, 1.82) is 0 Å². The van der Waals surface area contributed by atoms with E-state index in [0.29, 0.717) is 12.3 Å². The molecule has 0 saturated carbocycles. The first-order valence-electron chi connectivity index (χ1n) is 7.53. The van der Waals surface area contributed by atoms with Gasteiger partial charge in [-0.1, -0.05) is 13.8 Å². The number of nitrogens with zero attached hydrogens (tertiary/aromatic N) is 1. The molecule has 112 valence electrons. The van der Waals surface area contributed by atoms with Crippen molar-refractivity contribution < 1.29 is 9.53 Å². The highest BCUT2D eigenvalue weighted by Crippen LogP contribution is 2.28. The van der Waals surface area contributed by atoms with E-state index in [1.165, 1.54) is 0 Å². The second-order valence-electron chi connectivity index (χ2n) is 6.00. The van der Waals surface area contributed by atoms with Crippen LogP contribution in [0, 0.1) is 5.92 Å². The molecule has 1 aliphatic rings. The van der Waals surface area contributed by atoms with Crippen LogP contribution in [-0.2, 0) is 9.53 Å². The molecule has 1 atom stereocenters. The first-order chi connectivity index (χ1) is 10.1. The molecule has 1 aliphatic heterocycles. The summed E-state index contributed by atoms with van der Waals surface area (Å²) in [5.41, 5.74) is 2.64. The SMILES string of the molecule is CC(C)CC(=O)Nc1ccc2nc(C3CCCO3)[nH]c2c1. The van der Waals surface area contributed by atoms with Gasteiger partial charge in [-0.25, -0.2) is 4.98 Å². The molecule has 5 nitrogen and oxygen atoms in total. The number of aromatic amines is 1. The van der Waals surface area contributed by atoms with E-state index in [2.05, 4.69) is 15.3 Å². The summed E-state index contributed by atoms with van der Waals surface area (Å²) in [5.74, 6) is 1.28. The molecule has 0 aliphatic carbocycles. The Morgan fingerprint density at radius 1 is 1.52 bits per heavy atom. The average molecular weight is 287 g/mol. The van der Waals surface area contributed by atoms with Gasteiger partial charge in [0.1, 0.15) is 11.9 Å². The molecule has 1 aromatic carbocycles. The zero-order chi connectivity index (χ0) is 14.8. The van der Waals surface area contributed by atoms with Gasteiger partial charge in [0.05, 0.1) is 11.0 Å². The molecule has 0 radical (unpaired) electrons. The molecule has 3 rings (SSSR count). The quantitative estimate of drug-likeness (QED) is 0.905. The molecule has 1 aromatic heterocycles. The van der Waals surface area contributed by atoms with Crippen LogP contribution in [0.5, 0.6) is 0 Å². The number of hydrogen-bond donors (Lipinski definition) is 2. The first-order valence-corrected chi connectivity index (χ1v) is 7.53. The van der Waals surface area contributed by atoms with Crippen LogP contribution in [0.3, 0.4) is 0 Å². The van der Waals surface area contributed by atoms with E-state index in [4.69, 9.17) is 4.74 Å². The molecule has 1 fully saturated rings. The van der Waals surface area contributed by atoms with Crippen LogP contribution in [0.2, 0.25) is 0 Å². The zero-order valence-electron chi connectivity index (χ0n) is 12.5. The fourth-order valence-corrected chi connectivity index (χ4v) is 2.64. The Morgan fingerprint density at radius 2 is 2.38 bits per heavy atom. The monoisotopic (exact) mass is 287 g/mol. The van der Waals surface area contributed by atoms with E-state index in [9.17, 15) is 4.79 Å². The van der Waals surface area contributed by atoms with Crippen LogP contribution in [0.4, 0.5) is 5.69 Å². The number of rotatable bonds is 4. The second-order valence-corrected chi connectivity index (χ2v) is 6.00. The van der Waals surface area contributed by atoms with Crippen molar-refractivity contribution >= 4 is 22.6 Å². The molecule has 5 heteroatoms. The number of fused-ring (bicyclic) bond motifs is 1. The first kappa shape index (κ1) is 14.1. The third kappa shape index (κ3) is 3.24. The Labute approximate surface area is 124 Å². The lowest BCUT2D eigenvalue weighted by Gasteiger charge is -2.06. The Balaban J connectivity index is 1.78. The summed E-state index contributed by atoms with van der Waals surface area (Å²) in [7, 11) is 0. The summed E-state index contributed by atoms with van der Waals surface area (Å²) < 4.78 is 5.64. The van der Waals surface area contributed by atoms with Crippen LogP contribution in [0.1, 0.15) is 45.0 Å². The van der Waals surface area contributed by atoms with Gasteiger partial charge < -0.3 is 15.0 Å². The van der Waals surface area contributed by atoms with Gasteiger partial charge >= 0.3 is 0 Å². The molecule has 21 heavy (non-hydrogen) atoms. The number of amides is 1. The third-order valence-electron chi connectivity index (χ3n) is 3.61. The fraction of sp³-hybridized carbons (Fsp3) is 0.500. The van der Waals surface area contributed by atoms with Gasteiger partial charge in [-0.15, -0.1) is 0 Å². The number of benzene rings is 1. The number of nitrogens with one attached hydrogen (secondary N) is 2. The second kappa shape index (κ2) is 5.85. The van der Waals surface area contributed by atoms with Crippen LogP contribution >= 0.6 is 0 Å². The molecule has 0 bridgehead atoms. The summed E-state index contributed by atoms with van der Waals surface area (Å²) in [6, 6.07) is 5.75. The lowest BCUT2D eigenvalue weighted by atomic mass is 10.1. The van der Waals surface area contributed by atoms with Crippen molar-refractivity contribution in [3.63, 3.8) is 0 Å². The third-order valence-corrected chi connectivity index (χ3v) is 3.61. The number of carbonyl (C=O) groups is 1. The van der Waals surface area contributed by atoms with E-state index in [1.807, 2.05) is 32.0 Å². The van der Waals surface area contributed by atoms with Gasteiger partial charge in [-0.3, -0.25) is 4.79 Å². The minimum absolute atomic E-state index is 0.0446. The number of H-pyrrole nitrogens is 1. The topological polar surface area (TPSA) is 67.0 Å². The van der Waals surface area contributed by atoms with Crippen LogP contribution in [0.15, 0.2) is 18.2 Å². The smallest absolute Gasteiger partial charge is 0.224 e. The van der Waals surface area contributed by atoms with Gasteiger partial charge in [0.25, 0.3) is 0 Å². The summed E-state index contributed by atoms with van der Waals surface area (Å²) >= 11 is 0. The molecule has 2 N–H and O–H groups in total. The van der Waals surface area contributed by atoms with Crippen molar-refractivity contribution in [2.45, 2.75) is 39.2 Å². The number of anilines is 1. The van der Waals surface area contributed by atoms with Crippen LogP contribution in [-0.4, -0.2) is 22.5 Å². The highest BCUT2D eigenvalue weighted by Gasteiger charge is 2.21. The van der Waals surface area contributed by atoms with Crippen LogP contribution < -0.4 is 5.32 Å². The Kier molecular flexibility index (Phi) is 3.92. The van der Waals surface area contributed by atoms with Crippen molar-refractivity contribution in [3.8, 4) is 0 Å². The van der Waals surface area contributed by atoms with E-state index < -0.39 is 0 Å². The van der Waals surface area contributed by atoms with E-state index in [1.54, 1.807) is 0 Å². The lowest BCUT2D eigenvalue weighted by molar-refractivity contribution is -0.116. The Morgan fingerprint density at radius 3 is 3.10 bits per heavy atom. The number of imidazole rings is 1. The largest absolute Gasteiger partial charge is 0.370 e. The molecule has 0 spiro atoms. The maximum Gasteiger partial charge on any atom is 0.224 e. The van der Waals surface area contributed by atoms with Crippen molar-refractivity contribution in [3.05, 3.63) is 24.0 Å². The van der Waals surface area contributed by atoms with Gasteiger partial charge in [0.2, 0.25) is 5.91 Å². The minimum Gasteiger partial charge on any atom is -0.370 e. The summed E-state index contributed by atoms with van der Waals surface area (Å²) in [4.78, 5) is 19.7. The van der Waals surface area contributed by atoms with E-state index in [0.717, 1.165) is 42.0 Å². The highest BCUT2D eigenvalue weighted by atomic mass is 16.5. The van der Waals surface area contributed by atoms with Gasteiger partial charge in [0.15, 0.2) is 0 Å². The zero-order valence-corrected chi connectivity index (χ0v) is 12.5. The number of aromatic nitrogens is 2. The molecule has 2 aromatic rings. The van der Waals surface area contributed by atoms with E-state index in [-0.39, 0.29) is 12.0 Å². The lowest BCUT2D eigenvalue weighted by Crippen LogP contribution is -2.13. The maximum atomic E-state index is 11.8. The van der Waals surface area contributed by atoms with Gasteiger partial charge in [-0.05, 0) is 37.0 Å². The molecule has 1 saturated heterocycles. The Hall–Kier alpha value is -1.88. The average Bonchev–Trinajstić information content (AvgIpc) is 3.05. The summed E-state index contributed by atoms with van der Waals surface area (Å²) in [6.45, 7) is 4.87. The number of hydrogen-bond acceptors (Lipinski definition) is 3. The van der Waals surface area contributed by atoms with Crippen molar-refractivity contribution in [2.24, 2.45) is 5.92 Å². The number of ether oxygens (including phenoxy) is 1. The molecule has 1 unspecified atom stereocenters. The van der Waals surface area contributed by atoms with E-state index >= 15 is 0 Å². The molecule has 1 amide bonds. The molecular formula is C16H21N3O2. The summed E-state index contributed by atoms with van der Waals surface area (Å²) in [5, 5.41) is 2.93. The van der Waals surface area contributed by atoms with Gasteiger partial charge in [-0.2, -0.15) is 0 Å². The standard InChI is InChI=1S/C16H21N3O2/c1-10(2)8-15(20)17-11-5-6-12-13(9-11)19-16(18-12)14-4-3-7-21-14/h5-6,9-10,14H,3-4,7-8H2,1-2H3,(H,17,20)(H,18,19). The predicted octanol–water partition coefficient (Wildman–Crippen LogP) is 3.40. The molecule has 2 heterocycles. The normalized spacial score (nSPS) is 18.5. The van der Waals surface area contributed by atoms with Gasteiger partial charge in [0, 0.05) is 18.7 Å². The van der Waals surface area contributed by atoms with Crippen molar-refractivity contribution in [2.75, 3.05) is 11.9 Å². The minimum atomic E-state index is 0.0446. The summed E-state index contributed by atoms with van der Waals surface area (Å²) in [6.07, 6.45) is 2.70. The van der Waals surface area contributed by atoms with Crippen LogP contribution in [0.25, 0.3) is 11.0 Å².